The van der Waals surface area contributed by atoms with Crippen LogP contribution >= 0.6 is 27.3 Å². The van der Waals surface area contributed by atoms with E-state index in [1.165, 1.54) is 11.3 Å². The van der Waals surface area contributed by atoms with Crippen LogP contribution in [0.2, 0.25) is 0 Å². The van der Waals surface area contributed by atoms with Crippen molar-refractivity contribution in [3.05, 3.63) is 99.8 Å². The van der Waals surface area contributed by atoms with Gasteiger partial charge in [-0.05, 0) is 35.4 Å². The van der Waals surface area contributed by atoms with E-state index in [1.807, 2.05) is 84.2 Å². The normalized spacial score (nSPS) is 10.9. The van der Waals surface area contributed by atoms with Gasteiger partial charge in [0.05, 0.1) is 11.9 Å². The van der Waals surface area contributed by atoms with Gasteiger partial charge >= 0.3 is 0 Å². The van der Waals surface area contributed by atoms with Gasteiger partial charge in [-0.3, -0.25) is 5.43 Å². The largest absolute Gasteiger partial charge is 0.489 e. The van der Waals surface area contributed by atoms with Crippen molar-refractivity contribution in [2.24, 2.45) is 5.10 Å². The Balaban J connectivity index is 1.35. The molecule has 0 fully saturated rings. The Hall–Kier alpha value is -2.96. The molecule has 4 rings (SSSR count). The maximum Gasteiger partial charge on any atom is 0.203 e. The van der Waals surface area contributed by atoms with Gasteiger partial charge in [0.2, 0.25) is 5.13 Å². The van der Waals surface area contributed by atoms with Crippen LogP contribution in [0.3, 0.4) is 0 Å². The number of nitrogens with one attached hydrogen (secondary N) is 1. The van der Waals surface area contributed by atoms with Crippen LogP contribution in [-0.4, -0.2) is 11.2 Å². The Morgan fingerprint density at radius 2 is 1.86 bits per heavy atom. The number of anilines is 1. The number of thiazole rings is 1. The maximum absolute atomic E-state index is 5.89. The molecule has 1 heterocycles. The molecule has 0 aliphatic rings. The second kappa shape index (κ2) is 9.49. The Bertz CT molecular complexity index is 1110. The first-order chi connectivity index (χ1) is 14.3. The molecular formula is C23H18BrN3OS. The summed E-state index contributed by atoms with van der Waals surface area (Å²) in [5.74, 6) is 0.800. The molecule has 4 aromatic rings. The highest BCUT2D eigenvalue weighted by Gasteiger charge is 2.03. The summed E-state index contributed by atoms with van der Waals surface area (Å²) in [6.07, 6.45) is 1.76. The molecule has 29 heavy (non-hydrogen) atoms. The molecule has 0 atom stereocenters. The Morgan fingerprint density at radius 3 is 2.72 bits per heavy atom. The van der Waals surface area contributed by atoms with Crippen molar-refractivity contribution < 1.29 is 4.74 Å². The number of aromatic nitrogens is 1. The zero-order valence-corrected chi connectivity index (χ0v) is 17.9. The van der Waals surface area contributed by atoms with Gasteiger partial charge in [0, 0.05) is 15.4 Å². The Morgan fingerprint density at radius 1 is 1.00 bits per heavy atom. The fourth-order valence-electron chi connectivity index (χ4n) is 2.71. The van der Waals surface area contributed by atoms with Gasteiger partial charge in [-0.1, -0.05) is 70.5 Å². The van der Waals surface area contributed by atoms with Gasteiger partial charge < -0.3 is 4.74 Å². The van der Waals surface area contributed by atoms with E-state index in [9.17, 15) is 0 Å². The fourth-order valence-corrected chi connectivity index (χ4v) is 3.82. The van der Waals surface area contributed by atoms with Gasteiger partial charge in [0.1, 0.15) is 12.4 Å². The Labute approximate surface area is 182 Å². The molecule has 0 saturated carbocycles. The van der Waals surface area contributed by atoms with E-state index in [4.69, 9.17) is 4.74 Å². The van der Waals surface area contributed by atoms with E-state index in [-0.39, 0.29) is 0 Å². The molecule has 0 aliphatic carbocycles. The monoisotopic (exact) mass is 463 g/mol. The number of hydrogen-bond donors (Lipinski definition) is 1. The molecule has 0 amide bonds. The molecule has 1 N–H and O–H groups in total. The number of nitrogens with zero attached hydrogens (tertiary/aromatic N) is 2. The predicted octanol–water partition coefficient (Wildman–Crippen LogP) is 6.60. The molecule has 0 aliphatic heterocycles. The minimum absolute atomic E-state index is 0.514. The number of hydrazone groups is 1. The fraction of sp³-hybridized carbons (Fsp3) is 0.0435. The summed E-state index contributed by atoms with van der Waals surface area (Å²) in [7, 11) is 0. The second-order valence-electron chi connectivity index (χ2n) is 6.27. The molecule has 144 valence electrons. The molecule has 0 bridgehead atoms. The summed E-state index contributed by atoms with van der Waals surface area (Å²) in [6, 6.07) is 26.0. The minimum atomic E-state index is 0.514. The lowest BCUT2D eigenvalue weighted by Crippen LogP contribution is -1.96. The second-order valence-corrected chi connectivity index (χ2v) is 8.04. The molecule has 3 aromatic carbocycles. The lowest BCUT2D eigenvalue weighted by atomic mass is 10.2. The molecule has 0 spiro atoms. The third-order valence-electron chi connectivity index (χ3n) is 4.10. The number of hydrogen-bond acceptors (Lipinski definition) is 5. The smallest absolute Gasteiger partial charge is 0.203 e. The lowest BCUT2D eigenvalue weighted by molar-refractivity contribution is 0.306. The highest BCUT2D eigenvalue weighted by Crippen LogP contribution is 2.24. The average Bonchev–Trinajstić information content (AvgIpc) is 3.22. The molecule has 0 unspecified atom stereocenters. The highest BCUT2D eigenvalue weighted by atomic mass is 79.9. The summed E-state index contributed by atoms with van der Waals surface area (Å²) < 4.78 is 6.94. The van der Waals surface area contributed by atoms with E-state index < -0.39 is 0 Å². The van der Waals surface area contributed by atoms with E-state index in [2.05, 4.69) is 31.4 Å². The average molecular weight is 464 g/mol. The first kappa shape index (κ1) is 19.4. The lowest BCUT2D eigenvalue weighted by Gasteiger charge is -2.07. The zero-order chi connectivity index (χ0) is 19.9. The topological polar surface area (TPSA) is 46.5 Å². The predicted molar refractivity (Wildman–Crippen MR) is 124 cm³/mol. The van der Waals surface area contributed by atoms with Crippen molar-refractivity contribution in [3.8, 4) is 17.0 Å². The van der Waals surface area contributed by atoms with Crippen LogP contribution in [0.25, 0.3) is 11.3 Å². The van der Waals surface area contributed by atoms with Gasteiger partial charge in [-0.25, -0.2) is 4.98 Å². The van der Waals surface area contributed by atoms with E-state index in [1.54, 1.807) is 6.21 Å². The van der Waals surface area contributed by atoms with Crippen LogP contribution < -0.4 is 10.2 Å². The van der Waals surface area contributed by atoms with Crippen molar-refractivity contribution >= 4 is 38.6 Å². The number of ether oxygens (including phenoxy) is 1. The zero-order valence-electron chi connectivity index (χ0n) is 15.5. The summed E-state index contributed by atoms with van der Waals surface area (Å²) in [5.41, 5.74) is 7.09. The van der Waals surface area contributed by atoms with Crippen molar-refractivity contribution in [3.63, 3.8) is 0 Å². The molecule has 0 radical (unpaired) electrons. The van der Waals surface area contributed by atoms with Crippen molar-refractivity contribution in [1.29, 1.82) is 0 Å². The summed E-state index contributed by atoms with van der Waals surface area (Å²) in [6.45, 7) is 0.514. The molecule has 0 saturated heterocycles. The molecule has 6 heteroatoms. The van der Waals surface area contributed by atoms with E-state index >= 15 is 0 Å². The van der Waals surface area contributed by atoms with Gasteiger partial charge in [0.25, 0.3) is 0 Å². The third kappa shape index (κ3) is 5.53. The standard InChI is InChI=1S/C23H18BrN3OS/c24-20-10-4-7-18(12-20)15-28-21-11-5-6-17(13-21)14-25-27-23-26-22(16-29-23)19-8-2-1-3-9-19/h1-14,16H,15H2,(H,26,27). The first-order valence-electron chi connectivity index (χ1n) is 9.03. The van der Waals surface area contributed by atoms with Gasteiger partial charge in [-0.2, -0.15) is 5.10 Å². The van der Waals surface area contributed by atoms with Crippen molar-refractivity contribution in [2.45, 2.75) is 6.61 Å². The quantitative estimate of drug-likeness (QED) is 0.248. The van der Waals surface area contributed by atoms with Crippen LogP contribution in [0, 0.1) is 0 Å². The summed E-state index contributed by atoms with van der Waals surface area (Å²) in [5, 5.41) is 7.07. The van der Waals surface area contributed by atoms with Crippen LogP contribution in [0.4, 0.5) is 5.13 Å². The number of halogens is 1. The molecule has 4 nitrogen and oxygen atoms in total. The van der Waals surface area contributed by atoms with Crippen LogP contribution in [0.15, 0.2) is 93.8 Å². The van der Waals surface area contributed by atoms with E-state index in [0.717, 1.165) is 37.7 Å². The highest BCUT2D eigenvalue weighted by molar-refractivity contribution is 9.10. The van der Waals surface area contributed by atoms with Crippen LogP contribution in [0.5, 0.6) is 5.75 Å². The minimum Gasteiger partial charge on any atom is -0.489 e. The van der Waals surface area contributed by atoms with Crippen molar-refractivity contribution in [2.75, 3.05) is 5.43 Å². The SMILES string of the molecule is Brc1cccc(COc2cccc(C=NNc3nc(-c4ccccc4)cs3)c2)c1. The molecular weight excluding hydrogens is 446 g/mol. The number of rotatable bonds is 7. The number of benzene rings is 3. The first-order valence-corrected chi connectivity index (χ1v) is 10.7. The Kier molecular flexibility index (Phi) is 6.34. The van der Waals surface area contributed by atoms with Crippen molar-refractivity contribution in [1.82, 2.24) is 4.98 Å². The summed E-state index contributed by atoms with van der Waals surface area (Å²) >= 11 is 5.00. The van der Waals surface area contributed by atoms with E-state index in [0.29, 0.717) is 6.61 Å². The maximum atomic E-state index is 5.89. The van der Waals surface area contributed by atoms with Gasteiger partial charge in [-0.15, -0.1) is 11.3 Å². The van der Waals surface area contributed by atoms with Gasteiger partial charge in [0.15, 0.2) is 0 Å². The third-order valence-corrected chi connectivity index (χ3v) is 5.34. The summed E-state index contributed by atoms with van der Waals surface area (Å²) in [4.78, 5) is 4.56. The molecule has 1 aromatic heterocycles. The van der Waals surface area contributed by atoms with Crippen LogP contribution in [-0.2, 0) is 6.61 Å². The van der Waals surface area contributed by atoms with Crippen LogP contribution in [0.1, 0.15) is 11.1 Å².